The minimum Gasteiger partial charge on any atom is -0.496 e. The SMILES string of the molecule is COc1ccccc1C(=O)NC(=O)COC(=O)Cc1coc2c(C)c(C)ccc12. The number of imide groups is 1. The quantitative estimate of drug-likeness (QED) is 0.645. The van der Waals surface area contributed by atoms with Crippen molar-refractivity contribution in [3.63, 3.8) is 0 Å². The number of aryl methyl sites for hydroxylation is 2. The predicted octanol–water partition coefficient (Wildman–Crippen LogP) is 3.10. The van der Waals surface area contributed by atoms with Gasteiger partial charge in [-0.3, -0.25) is 19.7 Å². The highest BCUT2D eigenvalue weighted by Gasteiger charge is 2.17. The van der Waals surface area contributed by atoms with E-state index in [1.54, 1.807) is 18.2 Å². The largest absolute Gasteiger partial charge is 0.496 e. The van der Waals surface area contributed by atoms with Gasteiger partial charge in [-0.2, -0.15) is 0 Å². The summed E-state index contributed by atoms with van der Waals surface area (Å²) in [5.74, 6) is -1.61. The number of fused-ring (bicyclic) bond motifs is 1. The number of rotatable bonds is 6. The molecule has 0 atom stereocenters. The van der Waals surface area contributed by atoms with E-state index in [0.29, 0.717) is 11.3 Å². The lowest BCUT2D eigenvalue weighted by Crippen LogP contribution is -2.34. The number of esters is 1. The van der Waals surface area contributed by atoms with Crippen LogP contribution in [0, 0.1) is 13.8 Å². The number of para-hydroxylation sites is 1. The second-order valence-corrected chi connectivity index (χ2v) is 6.56. The summed E-state index contributed by atoms with van der Waals surface area (Å²) in [7, 11) is 1.43. The summed E-state index contributed by atoms with van der Waals surface area (Å²) in [6.07, 6.45) is 1.48. The minimum atomic E-state index is -0.724. The fourth-order valence-electron chi connectivity index (χ4n) is 2.94. The van der Waals surface area contributed by atoms with Gasteiger partial charge in [-0.25, -0.2) is 0 Å². The average molecular weight is 395 g/mol. The first-order chi connectivity index (χ1) is 13.9. The molecule has 0 saturated carbocycles. The van der Waals surface area contributed by atoms with Crippen LogP contribution in [0.15, 0.2) is 47.1 Å². The molecule has 1 N–H and O–H groups in total. The molecule has 2 aromatic carbocycles. The van der Waals surface area contributed by atoms with E-state index in [4.69, 9.17) is 13.9 Å². The van der Waals surface area contributed by atoms with Crippen LogP contribution in [-0.2, 0) is 20.7 Å². The number of benzene rings is 2. The van der Waals surface area contributed by atoms with Crippen LogP contribution in [-0.4, -0.2) is 31.5 Å². The maximum absolute atomic E-state index is 12.2. The molecule has 0 saturated heterocycles. The number of nitrogens with one attached hydrogen (secondary N) is 1. The average Bonchev–Trinajstić information content (AvgIpc) is 3.12. The summed E-state index contributed by atoms with van der Waals surface area (Å²) >= 11 is 0. The zero-order valence-electron chi connectivity index (χ0n) is 16.4. The Hall–Kier alpha value is -3.61. The number of furan rings is 1. The van der Waals surface area contributed by atoms with E-state index in [1.807, 2.05) is 26.0 Å². The van der Waals surface area contributed by atoms with E-state index >= 15 is 0 Å². The van der Waals surface area contributed by atoms with Crippen molar-refractivity contribution in [1.82, 2.24) is 5.32 Å². The smallest absolute Gasteiger partial charge is 0.310 e. The summed E-state index contributed by atoms with van der Waals surface area (Å²) in [4.78, 5) is 36.3. The van der Waals surface area contributed by atoms with Crippen molar-refractivity contribution in [2.75, 3.05) is 13.7 Å². The van der Waals surface area contributed by atoms with Crippen LogP contribution in [0.1, 0.15) is 27.0 Å². The van der Waals surface area contributed by atoms with Crippen molar-refractivity contribution in [1.29, 1.82) is 0 Å². The Morgan fingerprint density at radius 1 is 1.07 bits per heavy atom. The Morgan fingerprint density at radius 2 is 1.83 bits per heavy atom. The normalized spacial score (nSPS) is 10.6. The highest BCUT2D eigenvalue weighted by molar-refractivity contribution is 6.06. The van der Waals surface area contributed by atoms with E-state index in [0.717, 1.165) is 22.1 Å². The van der Waals surface area contributed by atoms with E-state index in [2.05, 4.69) is 5.32 Å². The van der Waals surface area contributed by atoms with Gasteiger partial charge in [0.05, 0.1) is 25.4 Å². The van der Waals surface area contributed by atoms with Crippen LogP contribution < -0.4 is 10.1 Å². The van der Waals surface area contributed by atoms with Crippen LogP contribution in [0.25, 0.3) is 11.0 Å². The van der Waals surface area contributed by atoms with E-state index in [-0.39, 0.29) is 12.0 Å². The number of carbonyl (C=O) groups excluding carboxylic acids is 3. The zero-order valence-corrected chi connectivity index (χ0v) is 16.4. The first-order valence-electron chi connectivity index (χ1n) is 8.99. The van der Waals surface area contributed by atoms with Gasteiger partial charge in [-0.15, -0.1) is 0 Å². The molecular weight excluding hydrogens is 374 g/mol. The Bertz CT molecular complexity index is 1080. The number of amides is 2. The number of hydrogen-bond acceptors (Lipinski definition) is 6. The molecule has 0 aliphatic rings. The molecule has 0 spiro atoms. The Morgan fingerprint density at radius 3 is 2.59 bits per heavy atom. The van der Waals surface area contributed by atoms with Gasteiger partial charge in [-0.1, -0.05) is 24.3 Å². The highest BCUT2D eigenvalue weighted by atomic mass is 16.5. The first kappa shape index (κ1) is 20.1. The minimum absolute atomic E-state index is 0.0385. The van der Waals surface area contributed by atoms with Gasteiger partial charge in [0.1, 0.15) is 11.3 Å². The highest BCUT2D eigenvalue weighted by Crippen LogP contribution is 2.26. The summed E-state index contributed by atoms with van der Waals surface area (Å²) in [6.45, 7) is 3.37. The summed E-state index contributed by atoms with van der Waals surface area (Å²) in [5, 5.41) is 3.01. The lowest BCUT2D eigenvalue weighted by Gasteiger charge is -2.08. The van der Waals surface area contributed by atoms with Gasteiger partial charge in [0.15, 0.2) is 6.61 Å². The van der Waals surface area contributed by atoms with E-state index < -0.39 is 24.4 Å². The number of carbonyl (C=O) groups is 3. The monoisotopic (exact) mass is 395 g/mol. The summed E-state index contributed by atoms with van der Waals surface area (Å²) < 4.78 is 15.7. The number of methoxy groups -OCH3 is 1. The van der Waals surface area contributed by atoms with E-state index in [9.17, 15) is 14.4 Å². The molecule has 0 aliphatic carbocycles. The predicted molar refractivity (Wildman–Crippen MR) is 106 cm³/mol. The van der Waals surface area contributed by atoms with Crippen molar-refractivity contribution < 1.29 is 28.3 Å². The molecule has 0 radical (unpaired) electrons. The molecule has 0 aliphatic heterocycles. The van der Waals surface area contributed by atoms with Crippen LogP contribution in [0.5, 0.6) is 5.75 Å². The molecule has 0 fully saturated rings. The topological polar surface area (TPSA) is 94.8 Å². The van der Waals surface area contributed by atoms with Crippen LogP contribution in [0.2, 0.25) is 0 Å². The number of ether oxygens (including phenoxy) is 2. The maximum Gasteiger partial charge on any atom is 0.310 e. The van der Waals surface area contributed by atoms with Gasteiger partial charge in [0.25, 0.3) is 11.8 Å². The van der Waals surface area contributed by atoms with Crippen molar-refractivity contribution in [3.05, 3.63) is 64.9 Å². The lowest BCUT2D eigenvalue weighted by molar-refractivity contribution is -0.147. The molecule has 3 rings (SSSR count). The van der Waals surface area contributed by atoms with Gasteiger partial charge in [0, 0.05) is 10.9 Å². The van der Waals surface area contributed by atoms with Crippen molar-refractivity contribution in [2.45, 2.75) is 20.3 Å². The van der Waals surface area contributed by atoms with Crippen LogP contribution in [0.4, 0.5) is 0 Å². The third-order valence-electron chi connectivity index (χ3n) is 4.65. The standard InChI is InChI=1S/C22H21NO6/c1-13-8-9-16-15(11-29-21(16)14(13)2)10-20(25)28-12-19(24)23-22(26)17-6-4-5-7-18(17)27-3/h4-9,11H,10,12H2,1-3H3,(H,23,24,26). The fourth-order valence-corrected chi connectivity index (χ4v) is 2.94. The molecule has 29 heavy (non-hydrogen) atoms. The van der Waals surface area contributed by atoms with Crippen molar-refractivity contribution >= 4 is 28.8 Å². The van der Waals surface area contributed by atoms with E-state index in [1.165, 1.54) is 19.4 Å². The van der Waals surface area contributed by atoms with Crippen molar-refractivity contribution in [3.8, 4) is 5.75 Å². The molecule has 3 aromatic rings. The molecular formula is C22H21NO6. The summed E-state index contributed by atoms with van der Waals surface area (Å²) in [6, 6.07) is 10.3. The summed E-state index contributed by atoms with van der Waals surface area (Å²) in [5.41, 5.74) is 3.73. The van der Waals surface area contributed by atoms with Crippen molar-refractivity contribution in [2.24, 2.45) is 0 Å². The van der Waals surface area contributed by atoms with Gasteiger partial charge in [0.2, 0.25) is 0 Å². The second kappa shape index (κ2) is 8.60. The molecule has 7 nitrogen and oxygen atoms in total. The first-order valence-corrected chi connectivity index (χ1v) is 8.99. The third-order valence-corrected chi connectivity index (χ3v) is 4.65. The van der Waals surface area contributed by atoms with Crippen LogP contribution >= 0.6 is 0 Å². The molecule has 1 heterocycles. The molecule has 7 heteroatoms. The number of hydrogen-bond donors (Lipinski definition) is 1. The van der Waals surface area contributed by atoms with Gasteiger partial charge in [-0.05, 0) is 37.1 Å². The Labute approximate surface area is 167 Å². The Kier molecular flexibility index (Phi) is 5.97. The Balaban J connectivity index is 1.56. The van der Waals surface area contributed by atoms with Gasteiger partial charge >= 0.3 is 5.97 Å². The fraction of sp³-hybridized carbons (Fsp3) is 0.227. The van der Waals surface area contributed by atoms with Gasteiger partial charge < -0.3 is 13.9 Å². The maximum atomic E-state index is 12.2. The lowest BCUT2D eigenvalue weighted by atomic mass is 10.0. The third kappa shape index (κ3) is 4.45. The molecule has 1 aromatic heterocycles. The zero-order chi connectivity index (χ0) is 21.0. The van der Waals surface area contributed by atoms with Crippen LogP contribution in [0.3, 0.4) is 0 Å². The molecule has 0 unspecified atom stereocenters. The molecule has 2 amide bonds. The molecule has 150 valence electrons. The molecule has 0 bridgehead atoms. The second-order valence-electron chi connectivity index (χ2n) is 6.56.